The molecule has 0 bridgehead atoms. The predicted octanol–water partition coefficient (Wildman–Crippen LogP) is 2.67. The van der Waals surface area contributed by atoms with Crippen LogP contribution in [0, 0.1) is 0 Å². The molecule has 0 N–H and O–H groups in total. The predicted molar refractivity (Wildman–Crippen MR) is 84.5 cm³/mol. The number of hydrogen-bond donors (Lipinski definition) is 0. The molecule has 0 aliphatic carbocycles. The number of unbranched alkanes of at least 4 members (excludes halogenated alkanes) is 1. The van der Waals surface area contributed by atoms with Crippen molar-refractivity contribution >= 4 is 11.9 Å². The van der Waals surface area contributed by atoms with Gasteiger partial charge in [0.15, 0.2) is 0 Å². The third-order valence-corrected chi connectivity index (χ3v) is 2.63. The van der Waals surface area contributed by atoms with Crippen LogP contribution in [0.3, 0.4) is 0 Å². The van der Waals surface area contributed by atoms with Gasteiger partial charge in [-0.15, -0.1) is 0 Å². The first-order valence-electron chi connectivity index (χ1n) is 7.03. The topological polar surface area (TPSA) is 52.6 Å². The maximum atomic E-state index is 11.1. The first-order chi connectivity index (χ1) is 9.56. The maximum Gasteiger partial charge on any atom is 0.337 e. The smallest absolute Gasteiger partial charge is 0.337 e. The van der Waals surface area contributed by atoms with Gasteiger partial charge in [-0.1, -0.05) is 26.5 Å². The van der Waals surface area contributed by atoms with Crippen molar-refractivity contribution in [2.45, 2.75) is 39.8 Å². The minimum atomic E-state index is -0.330. The molecule has 0 saturated heterocycles. The quantitative estimate of drug-likeness (QED) is 0.238. The molecule has 0 aromatic carbocycles. The highest BCUT2D eigenvalue weighted by Gasteiger charge is 2.22. The van der Waals surface area contributed by atoms with Gasteiger partial charge in [0.25, 0.3) is 0 Å². The van der Waals surface area contributed by atoms with Gasteiger partial charge in [0.1, 0.15) is 0 Å². The van der Waals surface area contributed by atoms with E-state index >= 15 is 0 Å². The van der Waals surface area contributed by atoms with E-state index in [4.69, 9.17) is 4.74 Å². The Kier molecular flexibility index (Phi) is 11.4. The Hall–Kier alpha value is -1.62. The van der Waals surface area contributed by atoms with Crippen molar-refractivity contribution in [2.24, 2.45) is 0 Å². The van der Waals surface area contributed by atoms with E-state index in [1.807, 2.05) is 35.0 Å². The maximum absolute atomic E-state index is 11.1. The van der Waals surface area contributed by atoms with Crippen LogP contribution < -0.4 is 0 Å². The number of carbonyl (C=O) groups is 2. The number of esters is 2. The Morgan fingerprint density at radius 3 is 2.14 bits per heavy atom. The number of hydrogen-bond acceptors (Lipinski definition) is 4. The van der Waals surface area contributed by atoms with Gasteiger partial charge in [-0.25, -0.2) is 9.59 Å². The van der Waals surface area contributed by atoms with E-state index in [0.717, 1.165) is 12.8 Å². The Balaban J connectivity index is 0. The molecule has 5 heteroatoms. The molecule has 0 aliphatic heterocycles. The average Bonchev–Trinajstić information content (AvgIpc) is 2.38. The summed E-state index contributed by atoms with van der Waals surface area (Å²) in [6.07, 6.45) is 3.01. The van der Waals surface area contributed by atoms with Gasteiger partial charge < -0.3 is 9.47 Å². The van der Waals surface area contributed by atoms with Crippen LogP contribution in [0.25, 0.3) is 0 Å². The summed E-state index contributed by atoms with van der Waals surface area (Å²) in [5.74, 6) is -0.654. The first-order valence-corrected chi connectivity index (χ1v) is 7.03. The van der Waals surface area contributed by atoms with Crippen molar-refractivity contribution in [1.29, 1.82) is 0 Å². The highest BCUT2D eigenvalue weighted by Crippen LogP contribution is 2.06. The van der Waals surface area contributed by atoms with Crippen LogP contribution in [0.5, 0.6) is 0 Å². The molecular weight excluding hydrogens is 270 g/mol. The molecule has 0 amide bonds. The van der Waals surface area contributed by atoms with Gasteiger partial charge in [0.2, 0.25) is 6.23 Å². The van der Waals surface area contributed by atoms with Crippen LogP contribution in [0.15, 0.2) is 24.8 Å². The minimum absolute atomic E-state index is 0.144. The molecule has 0 heterocycles. The van der Waals surface area contributed by atoms with E-state index in [1.165, 1.54) is 6.08 Å². The Labute approximate surface area is 128 Å². The Morgan fingerprint density at radius 2 is 1.81 bits per heavy atom. The number of quaternary nitrogens is 1. The number of carbonyl (C=O) groups excluding carboxylic acids is 2. The summed E-state index contributed by atoms with van der Waals surface area (Å²) in [4.78, 5) is 21.4. The molecule has 1 unspecified atom stereocenters. The van der Waals surface area contributed by atoms with Crippen molar-refractivity contribution < 1.29 is 23.5 Å². The molecular formula is C16H30NO4+. The molecule has 5 nitrogen and oxygen atoms in total. The van der Waals surface area contributed by atoms with E-state index in [1.54, 1.807) is 6.92 Å². The van der Waals surface area contributed by atoms with Crippen LogP contribution in [0.1, 0.15) is 33.6 Å². The second-order valence-electron chi connectivity index (χ2n) is 5.63. The highest BCUT2D eigenvalue weighted by atomic mass is 16.6. The summed E-state index contributed by atoms with van der Waals surface area (Å²) >= 11 is 0. The lowest BCUT2D eigenvalue weighted by Crippen LogP contribution is -2.45. The fourth-order valence-corrected chi connectivity index (χ4v) is 0.790. The van der Waals surface area contributed by atoms with Crippen LogP contribution >= 0.6 is 0 Å². The van der Waals surface area contributed by atoms with Gasteiger partial charge in [0, 0.05) is 18.6 Å². The Bertz CT molecular complexity index is 356. The third-order valence-electron chi connectivity index (χ3n) is 2.63. The van der Waals surface area contributed by atoms with E-state index in [-0.39, 0.29) is 18.2 Å². The second-order valence-corrected chi connectivity index (χ2v) is 5.63. The number of ether oxygens (including phenoxy) is 2. The van der Waals surface area contributed by atoms with Crippen LogP contribution in [-0.4, -0.2) is 50.4 Å². The molecule has 0 aromatic rings. The minimum Gasteiger partial charge on any atom is -0.463 e. The van der Waals surface area contributed by atoms with E-state index in [9.17, 15) is 9.59 Å². The lowest BCUT2D eigenvalue weighted by Gasteiger charge is -2.30. The molecule has 0 fully saturated rings. The SMILES string of the molecule is C=C(C)C(=O)OC(C)[N+](C)(C)C.C=CC(=O)OCCCC. The largest absolute Gasteiger partial charge is 0.463 e. The molecule has 0 rings (SSSR count). The zero-order valence-corrected chi connectivity index (χ0v) is 14.3. The van der Waals surface area contributed by atoms with Gasteiger partial charge in [0.05, 0.1) is 27.7 Å². The van der Waals surface area contributed by atoms with Crippen LogP contribution in [0.2, 0.25) is 0 Å². The molecule has 122 valence electrons. The fraction of sp³-hybridized carbons (Fsp3) is 0.625. The molecule has 0 aliphatic rings. The molecule has 0 spiro atoms. The summed E-state index contributed by atoms with van der Waals surface area (Å²) in [6, 6.07) is 0. The zero-order valence-electron chi connectivity index (χ0n) is 14.3. The van der Waals surface area contributed by atoms with Crippen LogP contribution in [0.4, 0.5) is 0 Å². The molecule has 1 atom stereocenters. The molecule has 0 radical (unpaired) electrons. The fourth-order valence-electron chi connectivity index (χ4n) is 0.790. The summed E-state index contributed by atoms with van der Waals surface area (Å²) in [7, 11) is 5.91. The van der Waals surface area contributed by atoms with Crippen molar-refractivity contribution in [2.75, 3.05) is 27.7 Å². The van der Waals surface area contributed by atoms with E-state index < -0.39 is 0 Å². The van der Waals surface area contributed by atoms with Gasteiger partial charge in [-0.2, -0.15) is 0 Å². The first kappa shape index (κ1) is 21.7. The zero-order chi connectivity index (χ0) is 17.1. The van der Waals surface area contributed by atoms with Crippen LogP contribution in [-0.2, 0) is 19.1 Å². The second kappa shape index (κ2) is 11.1. The van der Waals surface area contributed by atoms with Gasteiger partial charge in [-0.3, -0.25) is 4.48 Å². The average molecular weight is 300 g/mol. The van der Waals surface area contributed by atoms with Crippen molar-refractivity contribution in [1.82, 2.24) is 0 Å². The Morgan fingerprint density at radius 1 is 1.29 bits per heavy atom. The van der Waals surface area contributed by atoms with E-state index in [0.29, 0.717) is 16.7 Å². The molecule has 21 heavy (non-hydrogen) atoms. The lowest BCUT2D eigenvalue weighted by atomic mass is 10.3. The highest BCUT2D eigenvalue weighted by molar-refractivity contribution is 5.86. The normalized spacial score (nSPS) is 11.5. The van der Waals surface area contributed by atoms with Crippen molar-refractivity contribution in [3.63, 3.8) is 0 Å². The summed E-state index contributed by atoms with van der Waals surface area (Å²) in [5, 5.41) is 0. The van der Waals surface area contributed by atoms with Crippen molar-refractivity contribution in [3.05, 3.63) is 24.8 Å². The van der Waals surface area contributed by atoms with Gasteiger partial charge in [-0.05, 0) is 13.3 Å². The van der Waals surface area contributed by atoms with E-state index in [2.05, 4.69) is 17.9 Å². The summed E-state index contributed by atoms with van der Waals surface area (Å²) in [6.45, 7) is 12.8. The molecule has 0 aromatic heterocycles. The van der Waals surface area contributed by atoms with Gasteiger partial charge >= 0.3 is 11.9 Å². The third kappa shape index (κ3) is 13.1. The van der Waals surface area contributed by atoms with Crippen molar-refractivity contribution in [3.8, 4) is 0 Å². The summed E-state index contributed by atoms with van der Waals surface area (Å²) < 4.78 is 10.4. The number of nitrogens with zero attached hydrogens (tertiary/aromatic N) is 1. The summed E-state index contributed by atoms with van der Waals surface area (Å²) in [5.41, 5.74) is 0.440. The molecule has 0 saturated carbocycles. The number of rotatable bonds is 7. The monoisotopic (exact) mass is 300 g/mol. The lowest BCUT2D eigenvalue weighted by molar-refractivity contribution is -0.914. The standard InChI is InChI=1S/C9H18NO2.C7H12O2/c1-7(2)9(11)12-8(3)10(4,5)6;1-3-5-6-9-7(8)4-2/h8H,1H2,2-6H3;4H,2-3,5-6H2,1H3/q+1;.